The quantitative estimate of drug-likeness (QED) is 0.738. The average molecular weight is 196 g/mol. The van der Waals surface area contributed by atoms with Crippen LogP contribution in [0.1, 0.15) is 38.5 Å². The van der Waals surface area contributed by atoms with Crippen LogP contribution in [0.2, 0.25) is 0 Å². The summed E-state index contributed by atoms with van der Waals surface area (Å²) in [6, 6.07) is 0. The molecule has 2 fully saturated rings. The highest BCUT2D eigenvalue weighted by atomic mass is 15.1. The maximum absolute atomic E-state index is 3.37. The van der Waals surface area contributed by atoms with Crippen molar-refractivity contribution in [3.8, 4) is 0 Å². The lowest BCUT2D eigenvalue weighted by Crippen LogP contribution is -2.48. The highest BCUT2D eigenvalue weighted by molar-refractivity contribution is 4.92. The van der Waals surface area contributed by atoms with Crippen LogP contribution in [0.5, 0.6) is 0 Å². The van der Waals surface area contributed by atoms with Crippen molar-refractivity contribution in [1.29, 1.82) is 0 Å². The van der Waals surface area contributed by atoms with E-state index in [9.17, 15) is 0 Å². The summed E-state index contributed by atoms with van der Waals surface area (Å²) in [7, 11) is 2.09. The highest BCUT2D eigenvalue weighted by Gasteiger charge is 2.37. The van der Waals surface area contributed by atoms with E-state index in [2.05, 4.69) is 17.3 Å². The summed E-state index contributed by atoms with van der Waals surface area (Å²) in [5.41, 5.74) is 0.645. The van der Waals surface area contributed by atoms with Crippen molar-refractivity contribution in [2.45, 2.75) is 38.5 Å². The zero-order valence-corrected chi connectivity index (χ0v) is 9.52. The molecule has 2 rings (SSSR count). The standard InChI is InChI=1S/C12H24N2/c1-13-10-12(6-5-7-12)11-14-8-3-2-4-9-14/h13H,2-11H2,1H3. The molecule has 1 aliphatic heterocycles. The number of nitrogens with zero attached hydrogens (tertiary/aromatic N) is 1. The van der Waals surface area contributed by atoms with E-state index in [0.717, 1.165) is 0 Å². The molecule has 0 spiro atoms. The number of likely N-dealkylation sites (tertiary alicyclic amines) is 1. The van der Waals surface area contributed by atoms with E-state index in [1.165, 1.54) is 64.7 Å². The predicted molar refractivity (Wildman–Crippen MR) is 60.5 cm³/mol. The Hall–Kier alpha value is -0.0800. The zero-order valence-electron chi connectivity index (χ0n) is 9.52. The number of hydrogen-bond donors (Lipinski definition) is 1. The first-order chi connectivity index (χ1) is 6.85. The summed E-state index contributed by atoms with van der Waals surface area (Å²) < 4.78 is 0. The third-order valence-electron chi connectivity index (χ3n) is 3.97. The van der Waals surface area contributed by atoms with Crippen LogP contribution >= 0.6 is 0 Å². The molecule has 2 nitrogen and oxygen atoms in total. The summed E-state index contributed by atoms with van der Waals surface area (Å²) in [5.74, 6) is 0. The lowest BCUT2D eigenvalue weighted by molar-refractivity contribution is 0.0585. The van der Waals surface area contributed by atoms with Crippen LogP contribution in [-0.2, 0) is 0 Å². The van der Waals surface area contributed by atoms with Gasteiger partial charge in [-0.1, -0.05) is 12.8 Å². The second-order valence-corrected chi connectivity index (χ2v) is 5.22. The van der Waals surface area contributed by atoms with Gasteiger partial charge in [0.25, 0.3) is 0 Å². The van der Waals surface area contributed by atoms with Gasteiger partial charge in [0.2, 0.25) is 0 Å². The van der Waals surface area contributed by atoms with Gasteiger partial charge < -0.3 is 10.2 Å². The molecule has 0 aromatic heterocycles. The fourth-order valence-corrected chi connectivity index (χ4v) is 3.03. The molecule has 1 N–H and O–H groups in total. The minimum absolute atomic E-state index is 0.645. The van der Waals surface area contributed by atoms with Crippen LogP contribution in [0.4, 0.5) is 0 Å². The number of rotatable bonds is 4. The molecule has 0 atom stereocenters. The smallest absolute Gasteiger partial charge is 0.00501 e. The lowest BCUT2D eigenvalue weighted by atomic mass is 9.68. The molecule has 1 heterocycles. The van der Waals surface area contributed by atoms with Crippen LogP contribution in [0.15, 0.2) is 0 Å². The van der Waals surface area contributed by atoms with Crippen molar-refractivity contribution < 1.29 is 0 Å². The van der Waals surface area contributed by atoms with E-state index >= 15 is 0 Å². The summed E-state index contributed by atoms with van der Waals surface area (Å²) in [6.45, 7) is 5.29. The van der Waals surface area contributed by atoms with Crippen LogP contribution < -0.4 is 5.32 Å². The number of piperidine rings is 1. The van der Waals surface area contributed by atoms with Crippen LogP contribution in [0, 0.1) is 5.41 Å². The molecule has 0 radical (unpaired) electrons. The normalized spacial score (nSPS) is 27.2. The van der Waals surface area contributed by atoms with Crippen molar-refractivity contribution >= 4 is 0 Å². The molecule has 14 heavy (non-hydrogen) atoms. The Morgan fingerprint density at radius 1 is 1.07 bits per heavy atom. The molecule has 0 aromatic carbocycles. The molecule has 0 unspecified atom stereocenters. The van der Waals surface area contributed by atoms with Gasteiger partial charge in [0.1, 0.15) is 0 Å². The van der Waals surface area contributed by atoms with Crippen molar-refractivity contribution in [3.05, 3.63) is 0 Å². The molecule has 0 amide bonds. The molecule has 2 heteroatoms. The minimum Gasteiger partial charge on any atom is -0.319 e. The Labute approximate surface area is 88.1 Å². The summed E-state index contributed by atoms with van der Waals surface area (Å²) in [6.07, 6.45) is 8.66. The second kappa shape index (κ2) is 4.63. The van der Waals surface area contributed by atoms with Crippen LogP contribution in [0.3, 0.4) is 0 Å². The van der Waals surface area contributed by atoms with Gasteiger partial charge in [-0.2, -0.15) is 0 Å². The highest BCUT2D eigenvalue weighted by Crippen LogP contribution is 2.41. The van der Waals surface area contributed by atoms with Crippen LogP contribution in [0.25, 0.3) is 0 Å². The first-order valence-corrected chi connectivity index (χ1v) is 6.22. The molecule has 1 saturated carbocycles. The maximum atomic E-state index is 3.37. The van der Waals surface area contributed by atoms with E-state index in [1.54, 1.807) is 0 Å². The first kappa shape index (κ1) is 10.4. The summed E-state index contributed by atoms with van der Waals surface area (Å²) in [4.78, 5) is 2.69. The molecular weight excluding hydrogens is 172 g/mol. The van der Waals surface area contributed by atoms with E-state index < -0.39 is 0 Å². The zero-order chi connectivity index (χ0) is 9.86. The lowest BCUT2D eigenvalue weighted by Gasteiger charge is -2.46. The monoisotopic (exact) mass is 196 g/mol. The Kier molecular flexibility index (Phi) is 3.45. The maximum Gasteiger partial charge on any atom is 0.00501 e. The molecule has 0 aromatic rings. The van der Waals surface area contributed by atoms with Crippen molar-refractivity contribution in [2.75, 3.05) is 33.2 Å². The van der Waals surface area contributed by atoms with Gasteiger partial charge >= 0.3 is 0 Å². The summed E-state index contributed by atoms with van der Waals surface area (Å²) in [5, 5.41) is 3.37. The molecule has 82 valence electrons. The Morgan fingerprint density at radius 2 is 1.79 bits per heavy atom. The molecular formula is C12H24N2. The molecule has 1 saturated heterocycles. The fraction of sp³-hybridized carbons (Fsp3) is 1.00. The third kappa shape index (κ3) is 2.29. The van der Waals surface area contributed by atoms with Gasteiger partial charge in [-0.05, 0) is 51.2 Å². The third-order valence-corrected chi connectivity index (χ3v) is 3.97. The van der Waals surface area contributed by atoms with E-state index in [1.807, 2.05) is 0 Å². The summed E-state index contributed by atoms with van der Waals surface area (Å²) >= 11 is 0. The van der Waals surface area contributed by atoms with Gasteiger partial charge in [-0.15, -0.1) is 0 Å². The Balaban J connectivity index is 1.80. The largest absolute Gasteiger partial charge is 0.319 e. The predicted octanol–water partition coefficient (Wildman–Crippen LogP) is 1.86. The molecule has 1 aliphatic carbocycles. The van der Waals surface area contributed by atoms with Crippen molar-refractivity contribution in [2.24, 2.45) is 5.41 Å². The van der Waals surface area contributed by atoms with Gasteiger partial charge in [-0.25, -0.2) is 0 Å². The SMILES string of the molecule is CNCC1(CN2CCCCC2)CCC1. The fourth-order valence-electron chi connectivity index (χ4n) is 3.03. The Morgan fingerprint density at radius 3 is 2.29 bits per heavy atom. The Bertz CT molecular complexity index is 169. The number of hydrogen-bond acceptors (Lipinski definition) is 2. The van der Waals surface area contributed by atoms with Crippen molar-refractivity contribution in [1.82, 2.24) is 10.2 Å². The van der Waals surface area contributed by atoms with E-state index in [4.69, 9.17) is 0 Å². The van der Waals surface area contributed by atoms with Gasteiger partial charge in [0.15, 0.2) is 0 Å². The van der Waals surface area contributed by atoms with Gasteiger partial charge in [0, 0.05) is 13.1 Å². The number of nitrogens with one attached hydrogen (secondary N) is 1. The molecule has 2 aliphatic rings. The van der Waals surface area contributed by atoms with E-state index in [0.29, 0.717) is 5.41 Å². The van der Waals surface area contributed by atoms with Gasteiger partial charge in [0.05, 0.1) is 0 Å². The van der Waals surface area contributed by atoms with E-state index in [-0.39, 0.29) is 0 Å². The minimum atomic E-state index is 0.645. The molecule has 0 bridgehead atoms. The first-order valence-electron chi connectivity index (χ1n) is 6.22. The average Bonchev–Trinajstić information content (AvgIpc) is 2.16. The van der Waals surface area contributed by atoms with Crippen molar-refractivity contribution in [3.63, 3.8) is 0 Å². The van der Waals surface area contributed by atoms with Crippen LogP contribution in [-0.4, -0.2) is 38.1 Å². The topological polar surface area (TPSA) is 15.3 Å². The van der Waals surface area contributed by atoms with Gasteiger partial charge in [-0.3, -0.25) is 0 Å². The second-order valence-electron chi connectivity index (χ2n) is 5.22.